The van der Waals surface area contributed by atoms with E-state index in [0.29, 0.717) is 0 Å². The van der Waals surface area contributed by atoms with Crippen molar-refractivity contribution in [2.45, 2.75) is 107 Å². The number of hydrogen-bond acceptors (Lipinski definition) is 0. The minimum absolute atomic E-state index is 0. The van der Waals surface area contributed by atoms with E-state index in [4.69, 9.17) is 0 Å². The predicted molar refractivity (Wildman–Crippen MR) is 139 cm³/mol. The summed E-state index contributed by atoms with van der Waals surface area (Å²) < 4.78 is 0. The number of fused-ring (bicyclic) bond motifs is 2. The number of benzene rings is 2. The summed E-state index contributed by atoms with van der Waals surface area (Å²) in [5.41, 5.74) is 6.39. The van der Waals surface area contributed by atoms with Crippen LogP contribution in [-0.2, 0) is 12.8 Å². The summed E-state index contributed by atoms with van der Waals surface area (Å²) in [6.45, 7) is 17.3. The Morgan fingerprint density at radius 1 is 0.600 bits per heavy atom. The molecule has 0 aliphatic heterocycles. The van der Waals surface area contributed by atoms with Crippen molar-refractivity contribution >= 4 is 0 Å². The second-order valence-electron chi connectivity index (χ2n) is 8.53. The van der Waals surface area contributed by atoms with Crippen LogP contribution in [-0.4, -0.2) is 0 Å². The summed E-state index contributed by atoms with van der Waals surface area (Å²) in [4.78, 5) is 0. The fourth-order valence-corrected chi connectivity index (χ4v) is 4.77. The van der Waals surface area contributed by atoms with Gasteiger partial charge in [-0.3, -0.25) is 0 Å². The molecule has 2 atom stereocenters. The third-order valence-electron chi connectivity index (χ3n) is 6.20. The zero-order valence-electron chi connectivity index (χ0n) is 20.5. The van der Waals surface area contributed by atoms with Gasteiger partial charge in [0.2, 0.25) is 0 Å². The molecule has 2 aliphatic carbocycles. The zero-order valence-corrected chi connectivity index (χ0v) is 20.5. The summed E-state index contributed by atoms with van der Waals surface area (Å²) in [7, 11) is 0. The van der Waals surface area contributed by atoms with Gasteiger partial charge in [0.05, 0.1) is 0 Å². The van der Waals surface area contributed by atoms with Gasteiger partial charge in [0.15, 0.2) is 0 Å². The van der Waals surface area contributed by atoms with Crippen LogP contribution in [0.15, 0.2) is 48.5 Å². The van der Waals surface area contributed by atoms with Crippen LogP contribution in [0.3, 0.4) is 0 Å². The van der Waals surface area contributed by atoms with Gasteiger partial charge in [-0.15, -0.1) is 0 Å². The lowest BCUT2D eigenvalue weighted by Crippen LogP contribution is -2.14. The molecule has 30 heavy (non-hydrogen) atoms. The van der Waals surface area contributed by atoms with E-state index < -0.39 is 0 Å². The van der Waals surface area contributed by atoms with Gasteiger partial charge in [0, 0.05) is 0 Å². The molecule has 0 saturated carbocycles. The lowest BCUT2D eigenvalue weighted by atomic mass is 9.77. The molecule has 2 aromatic carbocycles. The fraction of sp³-hybridized carbons (Fsp3) is 0.600. The molecule has 0 N–H and O–H groups in total. The van der Waals surface area contributed by atoms with Gasteiger partial charge in [0.25, 0.3) is 0 Å². The van der Waals surface area contributed by atoms with Crippen LogP contribution in [0.1, 0.15) is 116 Å². The molecule has 170 valence electrons. The summed E-state index contributed by atoms with van der Waals surface area (Å²) >= 11 is 0. The molecular formula is C30H50. The summed E-state index contributed by atoms with van der Waals surface area (Å²) in [6.07, 6.45) is 6.70. The van der Waals surface area contributed by atoms with E-state index in [9.17, 15) is 0 Å². The molecule has 0 amide bonds. The molecule has 0 heterocycles. The van der Waals surface area contributed by atoms with Gasteiger partial charge in [-0.1, -0.05) is 111 Å². The smallest absolute Gasteiger partial charge is 0.0133 e. The zero-order chi connectivity index (χ0) is 21.8. The molecule has 0 radical (unpaired) electrons. The third kappa shape index (κ3) is 7.60. The minimum atomic E-state index is 0. The van der Waals surface area contributed by atoms with E-state index in [1.54, 1.807) is 22.3 Å². The van der Waals surface area contributed by atoms with Crippen LogP contribution in [0.25, 0.3) is 0 Å². The highest BCUT2D eigenvalue weighted by atomic mass is 14.3. The molecule has 2 aromatic rings. The van der Waals surface area contributed by atoms with E-state index >= 15 is 0 Å². The Bertz CT molecular complexity index is 680. The Morgan fingerprint density at radius 3 is 1.47 bits per heavy atom. The molecule has 0 spiro atoms. The van der Waals surface area contributed by atoms with Crippen molar-refractivity contribution in [1.29, 1.82) is 0 Å². The molecule has 0 nitrogen and oxygen atoms in total. The van der Waals surface area contributed by atoms with E-state index in [-0.39, 0.29) is 7.43 Å². The van der Waals surface area contributed by atoms with Crippen LogP contribution in [0.4, 0.5) is 0 Å². The Kier molecular flexibility index (Phi) is 14.5. The Balaban J connectivity index is 0.000000469. The maximum Gasteiger partial charge on any atom is -0.0133 e. The number of rotatable bonds is 2. The molecule has 0 saturated heterocycles. The summed E-state index contributed by atoms with van der Waals surface area (Å²) in [5.74, 6) is 3.22. The normalized spacial score (nSPS) is 18.3. The first kappa shape index (κ1) is 28.4. The first-order valence-corrected chi connectivity index (χ1v) is 12.2. The Hall–Kier alpha value is -1.56. The molecule has 0 bridgehead atoms. The molecule has 0 heteroatoms. The maximum absolute atomic E-state index is 2.34. The molecule has 2 unspecified atom stereocenters. The van der Waals surface area contributed by atoms with Crippen LogP contribution in [0.5, 0.6) is 0 Å². The van der Waals surface area contributed by atoms with Crippen molar-refractivity contribution in [2.75, 3.05) is 0 Å². The number of aryl methyl sites for hydroxylation is 2. The standard InChI is InChI=1S/C13H18.C12H16.2C2H6.CH4/c1-10(2)12-9-5-7-11-6-3-4-8-13(11)12;1-9(2)11-8-7-10-5-3-4-6-12(10)11;2*1-2;/h3-4,6,8,10,12H,5,7,9H2,1-2H3;3-6,9,11H,7-8H2,1-2H3;2*1-2H3;1H4. The van der Waals surface area contributed by atoms with Crippen LogP contribution in [0, 0.1) is 11.8 Å². The van der Waals surface area contributed by atoms with Gasteiger partial charge in [-0.2, -0.15) is 0 Å². The second kappa shape index (κ2) is 15.3. The van der Waals surface area contributed by atoms with Gasteiger partial charge in [0.1, 0.15) is 0 Å². The lowest BCUT2D eigenvalue weighted by molar-refractivity contribution is 0.433. The topological polar surface area (TPSA) is 0 Å². The van der Waals surface area contributed by atoms with Gasteiger partial charge in [-0.25, -0.2) is 0 Å². The van der Waals surface area contributed by atoms with Crippen LogP contribution in [0.2, 0.25) is 0 Å². The van der Waals surface area contributed by atoms with Gasteiger partial charge in [-0.05, 0) is 78.0 Å². The highest BCUT2D eigenvalue weighted by Crippen LogP contribution is 2.38. The Labute approximate surface area is 189 Å². The van der Waals surface area contributed by atoms with Crippen molar-refractivity contribution < 1.29 is 0 Å². The van der Waals surface area contributed by atoms with Crippen molar-refractivity contribution in [3.05, 3.63) is 70.8 Å². The highest BCUT2D eigenvalue weighted by Gasteiger charge is 2.24. The monoisotopic (exact) mass is 410 g/mol. The van der Waals surface area contributed by atoms with Crippen molar-refractivity contribution in [1.82, 2.24) is 0 Å². The molecule has 0 aromatic heterocycles. The minimum Gasteiger partial charge on any atom is -0.0776 e. The van der Waals surface area contributed by atoms with Crippen molar-refractivity contribution in [2.24, 2.45) is 11.8 Å². The first-order valence-electron chi connectivity index (χ1n) is 12.2. The molecular weight excluding hydrogens is 360 g/mol. The van der Waals surface area contributed by atoms with Crippen LogP contribution >= 0.6 is 0 Å². The van der Waals surface area contributed by atoms with E-state index in [1.807, 2.05) is 27.7 Å². The fourth-order valence-electron chi connectivity index (χ4n) is 4.77. The Morgan fingerprint density at radius 2 is 1.00 bits per heavy atom. The first-order chi connectivity index (χ1) is 14.1. The predicted octanol–water partition coefficient (Wildman–Crippen LogP) is 9.82. The van der Waals surface area contributed by atoms with Gasteiger partial charge >= 0.3 is 0 Å². The summed E-state index contributed by atoms with van der Waals surface area (Å²) in [6, 6.07) is 17.9. The molecule has 2 aliphatic rings. The van der Waals surface area contributed by atoms with Crippen molar-refractivity contribution in [3.63, 3.8) is 0 Å². The number of hydrogen-bond donors (Lipinski definition) is 0. The average Bonchev–Trinajstić information content (AvgIpc) is 3.21. The molecule has 0 fully saturated rings. The van der Waals surface area contributed by atoms with Crippen molar-refractivity contribution in [3.8, 4) is 0 Å². The maximum atomic E-state index is 2.34. The lowest BCUT2D eigenvalue weighted by Gasteiger charge is -2.28. The quantitative estimate of drug-likeness (QED) is 0.462. The average molecular weight is 411 g/mol. The second-order valence-corrected chi connectivity index (χ2v) is 8.53. The van der Waals surface area contributed by atoms with E-state index in [1.165, 1.54) is 32.1 Å². The highest BCUT2D eigenvalue weighted by molar-refractivity contribution is 5.35. The third-order valence-corrected chi connectivity index (χ3v) is 6.20. The van der Waals surface area contributed by atoms with E-state index in [2.05, 4.69) is 76.2 Å². The molecule has 4 rings (SSSR count). The van der Waals surface area contributed by atoms with Gasteiger partial charge < -0.3 is 0 Å². The largest absolute Gasteiger partial charge is 0.0776 e. The van der Waals surface area contributed by atoms with E-state index in [0.717, 1.165) is 23.7 Å². The SMILES string of the molecule is C.CC.CC.CC(C)C1CCCc2ccccc21.CC(C)C1CCc2ccccc21. The van der Waals surface area contributed by atoms with Crippen LogP contribution < -0.4 is 0 Å². The summed E-state index contributed by atoms with van der Waals surface area (Å²) in [5, 5.41) is 0.